The minimum Gasteiger partial charge on any atom is -0.481 e. The third-order valence-corrected chi connectivity index (χ3v) is 7.23. The molecule has 2 aliphatic rings. The van der Waals surface area contributed by atoms with E-state index in [0.29, 0.717) is 36.0 Å². The van der Waals surface area contributed by atoms with Crippen molar-refractivity contribution in [1.29, 1.82) is 5.26 Å². The van der Waals surface area contributed by atoms with E-state index >= 15 is 0 Å². The van der Waals surface area contributed by atoms with Crippen LogP contribution in [0.1, 0.15) is 41.1 Å². The number of hydrogen-bond donors (Lipinski definition) is 2. The molecule has 8 nitrogen and oxygen atoms in total. The van der Waals surface area contributed by atoms with Gasteiger partial charge in [0.05, 0.1) is 17.4 Å². The second-order valence-corrected chi connectivity index (χ2v) is 9.72. The number of aliphatic carboxylic acids is 1. The highest BCUT2D eigenvalue weighted by Crippen LogP contribution is 2.47. The Labute approximate surface area is 211 Å². The Kier molecular flexibility index (Phi) is 5.16. The molecule has 6 rings (SSSR count). The molecule has 2 aliphatic carbocycles. The van der Waals surface area contributed by atoms with Gasteiger partial charge in [0, 0.05) is 18.1 Å². The van der Waals surface area contributed by atoms with Crippen LogP contribution in [0.15, 0.2) is 77.9 Å². The number of carboxylic acids is 1. The predicted octanol–water partition coefficient (Wildman–Crippen LogP) is 4.03. The Morgan fingerprint density at radius 2 is 1.86 bits per heavy atom. The molecule has 37 heavy (non-hydrogen) atoms. The summed E-state index contributed by atoms with van der Waals surface area (Å²) in [4.78, 5) is 41.8. The van der Waals surface area contributed by atoms with Crippen LogP contribution in [0.25, 0.3) is 27.8 Å². The summed E-state index contributed by atoms with van der Waals surface area (Å²) in [7, 11) is 0. The summed E-state index contributed by atoms with van der Waals surface area (Å²) in [5.74, 6) is -1.56. The number of carbonyl (C=O) groups is 2. The van der Waals surface area contributed by atoms with Gasteiger partial charge in [-0.15, -0.1) is 0 Å². The number of nitriles is 1. The molecule has 0 unspecified atom stereocenters. The maximum atomic E-state index is 13.2. The maximum absolute atomic E-state index is 13.2. The van der Waals surface area contributed by atoms with Crippen molar-refractivity contribution in [2.24, 2.45) is 5.92 Å². The molecule has 2 heterocycles. The zero-order valence-electron chi connectivity index (χ0n) is 19.7. The Morgan fingerprint density at radius 3 is 2.54 bits per heavy atom. The summed E-state index contributed by atoms with van der Waals surface area (Å²) in [5, 5.41) is 21.6. The van der Waals surface area contributed by atoms with Crippen LogP contribution in [0.5, 0.6) is 0 Å². The van der Waals surface area contributed by atoms with Gasteiger partial charge in [-0.2, -0.15) is 5.26 Å². The summed E-state index contributed by atoms with van der Waals surface area (Å²) in [6.45, 7) is 0. The summed E-state index contributed by atoms with van der Waals surface area (Å²) in [6.07, 6.45) is 4.88. The lowest BCUT2D eigenvalue weighted by atomic mass is 10.0. The monoisotopic (exact) mass is 490 g/mol. The van der Waals surface area contributed by atoms with Crippen LogP contribution in [-0.2, 0) is 4.79 Å². The average molecular weight is 491 g/mol. The van der Waals surface area contributed by atoms with E-state index in [0.717, 1.165) is 16.7 Å². The van der Waals surface area contributed by atoms with Crippen LogP contribution in [0.4, 0.5) is 0 Å². The fraction of sp³-hybridized carbons (Fsp3) is 0.207. The molecule has 182 valence electrons. The lowest BCUT2D eigenvalue weighted by Crippen LogP contribution is -2.38. The van der Waals surface area contributed by atoms with Gasteiger partial charge in [0.1, 0.15) is 16.7 Å². The largest absolute Gasteiger partial charge is 0.481 e. The molecule has 2 saturated carbocycles. The molecule has 0 saturated heterocycles. The van der Waals surface area contributed by atoms with E-state index in [1.54, 1.807) is 22.9 Å². The number of nitrogens with one attached hydrogen (secondary N) is 1. The third-order valence-electron chi connectivity index (χ3n) is 7.23. The van der Waals surface area contributed by atoms with Gasteiger partial charge in [0.2, 0.25) is 5.43 Å². The molecule has 2 aromatic heterocycles. The molecule has 0 spiro atoms. The van der Waals surface area contributed by atoms with Gasteiger partial charge in [-0.25, -0.2) is 4.98 Å². The first-order valence-electron chi connectivity index (χ1n) is 12.1. The molecule has 2 N–H and O–H groups in total. The van der Waals surface area contributed by atoms with Crippen molar-refractivity contribution in [3.8, 4) is 22.9 Å². The van der Waals surface area contributed by atoms with Crippen molar-refractivity contribution >= 4 is 22.9 Å². The number of aromatic nitrogens is 2. The van der Waals surface area contributed by atoms with Gasteiger partial charge < -0.3 is 15.0 Å². The van der Waals surface area contributed by atoms with Gasteiger partial charge in [0.25, 0.3) is 5.91 Å². The van der Waals surface area contributed by atoms with Crippen molar-refractivity contribution < 1.29 is 14.7 Å². The Balaban J connectivity index is 1.38. The van der Waals surface area contributed by atoms with E-state index in [2.05, 4.69) is 16.4 Å². The first-order valence-corrected chi connectivity index (χ1v) is 12.1. The van der Waals surface area contributed by atoms with E-state index in [4.69, 9.17) is 0 Å². The fourth-order valence-corrected chi connectivity index (χ4v) is 4.79. The number of pyridine rings is 2. The molecule has 4 aromatic rings. The predicted molar refractivity (Wildman–Crippen MR) is 136 cm³/mol. The van der Waals surface area contributed by atoms with Gasteiger partial charge in [-0.3, -0.25) is 14.4 Å². The van der Waals surface area contributed by atoms with Gasteiger partial charge >= 0.3 is 5.97 Å². The lowest BCUT2D eigenvalue weighted by Gasteiger charge is -2.15. The van der Waals surface area contributed by atoms with Crippen molar-refractivity contribution in [3.63, 3.8) is 0 Å². The van der Waals surface area contributed by atoms with Gasteiger partial charge in [-0.05, 0) is 66.1 Å². The third kappa shape index (κ3) is 4.04. The SMILES string of the molecule is N#CC1(NC(=O)c2cn(-c3cccc(-c4ccc([C@@H]5C[C@H]5C(=O)O)cc4)c3)c3ncccc3c2=O)CC1. The van der Waals surface area contributed by atoms with Crippen molar-refractivity contribution in [2.75, 3.05) is 0 Å². The summed E-state index contributed by atoms with van der Waals surface area (Å²) in [5.41, 5.74) is 2.66. The van der Waals surface area contributed by atoms with E-state index in [1.807, 2.05) is 48.5 Å². The highest BCUT2D eigenvalue weighted by Gasteiger charge is 2.45. The molecule has 0 bridgehead atoms. The van der Waals surface area contributed by atoms with E-state index in [-0.39, 0.29) is 17.4 Å². The highest BCUT2D eigenvalue weighted by molar-refractivity contribution is 5.98. The normalized spacial score (nSPS) is 19.1. The van der Waals surface area contributed by atoms with Crippen LogP contribution in [0, 0.1) is 17.2 Å². The number of fused-ring (bicyclic) bond motifs is 1. The van der Waals surface area contributed by atoms with Crippen LogP contribution < -0.4 is 10.7 Å². The molecular formula is C29H22N4O4. The molecule has 1 amide bonds. The summed E-state index contributed by atoms with van der Waals surface area (Å²) >= 11 is 0. The minimum atomic E-state index is -0.894. The van der Waals surface area contributed by atoms with Crippen LogP contribution in [0.2, 0.25) is 0 Å². The topological polar surface area (TPSA) is 125 Å². The van der Waals surface area contributed by atoms with Gasteiger partial charge in [0.15, 0.2) is 0 Å². The van der Waals surface area contributed by atoms with Crippen molar-refractivity contribution in [3.05, 3.63) is 94.4 Å². The number of carboxylic acid groups (broad SMARTS) is 1. The average Bonchev–Trinajstić information content (AvgIpc) is 3.85. The van der Waals surface area contributed by atoms with Crippen LogP contribution >= 0.6 is 0 Å². The number of nitrogens with zero attached hydrogens (tertiary/aromatic N) is 3. The second kappa shape index (κ2) is 8.42. The van der Waals surface area contributed by atoms with Crippen molar-refractivity contribution in [1.82, 2.24) is 14.9 Å². The zero-order chi connectivity index (χ0) is 25.7. The Morgan fingerprint density at radius 1 is 1.08 bits per heavy atom. The van der Waals surface area contributed by atoms with E-state index in [9.17, 15) is 24.8 Å². The van der Waals surface area contributed by atoms with Crippen LogP contribution in [0.3, 0.4) is 0 Å². The molecule has 2 aromatic carbocycles. The molecule has 0 radical (unpaired) electrons. The number of rotatable bonds is 6. The van der Waals surface area contributed by atoms with E-state index < -0.39 is 22.8 Å². The molecule has 0 aliphatic heterocycles. The smallest absolute Gasteiger partial charge is 0.307 e. The first kappa shape index (κ1) is 22.7. The molecule has 2 fully saturated rings. The van der Waals surface area contributed by atoms with Crippen LogP contribution in [-0.4, -0.2) is 32.1 Å². The summed E-state index contributed by atoms with van der Waals surface area (Å²) in [6, 6.07) is 21.0. The van der Waals surface area contributed by atoms with Crippen molar-refractivity contribution in [2.45, 2.75) is 30.7 Å². The minimum absolute atomic E-state index is 0.0470. The molecule has 8 heteroatoms. The Bertz CT molecular complexity index is 1680. The first-order chi connectivity index (χ1) is 17.9. The molecule has 2 atom stereocenters. The van der Waals surface area contributed by atoms with Gasteiger partial charge in [-0.1, -0.05) is 36.4 Å². The Hall–Kier alpha value is -4.77. The molecular weight excluding hydrogens is 468 g/mol. The quantitative estimate of drug-likeness (QED) is 0.420. The summed E-state index contributed by atoms with van der Waals surface area (Å²) < 4.78 is 1.72. The number of carbonyl (C=O) groups excluding carboxylic acids is 1. The lowest BCUT2D eigenvalue weighted by molar-refractivity contribution is -0.138. The highest BCUT2D eigenvalue weighted by atomic mass is 16.4. The standard InChI is InChI=1S/C29H22N4O4/c30-16-29(10-11-29)32-27(35)24-15-33(26-21(25(24)34)5-2-12-31-26)20-4-1-3-19(13-20)17-6-8-18(9-7-17)22-14-23(22)28(36)37/h1-9,12-13,15,22-23H,10-11,14H2,(H,32,35)(H,36,37)/t22-,23+/m0/s1. The van der Waals surface area contributed by atoms with E-state index in [1.165, 1.54) is 6.20 Å². The number of benzene rings is 2. The second-order valence-electron chi connectivity index (χ2n) is 9.72. The number of amides is 1. The maximum Gasteiger partial charge on any atom is 0.307 e. The fourth-order valence-electron chi connectivity index (χ4n) is 4.79. The zero-order valence-corrected chi connectivity index (χ0v) is 19.7. The number of hydrogen-bond acceptors (Lipinski definition) is 5.